The standard InChI is InChI=1S/C18H25N3O2/c1-13(2)20-7-9-21(10-8-20)18-6-5-14-11-16(22-3)17(23-4)12-15(14)19-18/h5-6,11-13H,7-10H2,1-4H3. The molecule has 2 heterocycles. The second kappa shape index (κ2) is 6.62. The number of methoxy groups -OCH3 is 2. The van der Waals surface area contributed by atoms with Crippen molar-refractivity contribution < 1.29 is 9.47 Å². The molecule has 5 nitrogen and oxygen atoms in total. The smallest absolute Gasteiger partial charge is 0.162 e. The number of benzene rings is 1. The Hall–Kier alpha value is -2.01. The molecule has 0 N–H and O–H groups in total. The molecule has 0 unspecified atom stereocenters. The molecular formula is C18H25N3O2. The average Bonchev–Trinajstić information content (AvgIpc) is 2.60. The van der Waals surface area contributed by atoms with Crippen LogP contribution in [0, 0.1) is 0 Å². The Morgan fingerprint density at radius 3 is 2.22 bits per heavy atom. The highest BCUT2D eigenvalue weighted by molar-refractivity contribution is 5.84. The molecule has 1 fully saturated rings. The summed E-state index contributed by atoms with van der Waals surface area (Å²) >= 11 is 0. The minimum atomic E-state index is 0.610. The summed E-state index contributed by atoms with van der Waals surface area (Å²) in [6.07, 6.45) is 0. The van der Waals surface area contributed by atoms with Gasteiger partial charge in [-0.3, -0.25) is 4.90 Å². The summed E-state index contributed by atoms with van der Waals surface area (Å²) in [5.74, 6) is 2.49. The van der Waals surface area contributed by atoms with Crippen LogP contribution < -0.4 is 14.4 Å². The van der Waals surface area contributed by atoms with E-state index < -0.39 is 0 Å². The van der Waals surface area contributed by atoms with E-state index in [1.165, 1.54) is 0 Å². The van der Waals surface area contributed by atoms with Crippen molar-refractivity contribution in [1.29, 1.82) is 0 Å². The monoisotopic (exact) mass is 315 g/mol. The van der Waals surface area contributed by atoms with Gasteiger partial charge in [0.05, 0.1) is 19.7 Å². The first kappa shape index (κ1) is 15.9. The number of hydrogen-bond acceptors (Lipinski definition) is 5. The van der Waals surface area contributed by atoms with Gasteiger partial charge in [-0.2, -0.15) is 0 Å². The molecule has 1 aliphatic heterocycles. The van der Waals surface area contributed by atoms with E-state index in [2.05, 4.69) is 35.8 Å². The topological polar surface area (TPSA) is 37.8 Å². The van der Waals surface area contributed by atoms with Crippen LogP contribution in [0.3, 0.4) is 0 Å². The molecule has 5 heteroatoms. The average molecular weight is 315 g/mol. The first-order chi connectivity index (χ1) is 11.1. The molecule has 0 aliphatic carbocycles. The fourth-order valence-electron chi connectivity index (χ4n) is 3.08. The zero-order valence-electron chi connectivity index (χ0n) is 14.4. The van der Waals surface area contributed by atoms with E-state index in [0.717, 1.165) is 48.6 Å². The second-order valence-corrected chi connectivity index (χ2v) is 6.19. The first-order valence-corrected chi connectivity index (χ1v) is 8.14. The lowest BCUT2D eigenvalue weighted by Crippen LogP contribution is -2.49. The Balaban J connectivity index is 1.85. The molecule has 0 radical (unpaired) electrons. The molecule has 0 spiro atoms. The first-order valence-electron chi connectivity index (χ1n) is 8.14. The predicted octanol–water partition coefficient (Wildman–Crippen LogP) is 2.78. The highest BCUT2D eigenvalue weighted by atomic mass is 16.5. The maximum atomic E-state index is 5.38. The van der Waals surface area contributed by atoms with Gasteiger partial charge in [0.15, 0.2) is 11.5 Å². The molecule has 0 bridgehead atoms. The predicted molar refractivity (Wildman–Crippen MR) is 93.8 cm³/mol. The summed E-state index contributed by atoms with van der Waals surface area (Å²) in [6.45, 7) is 8.72. The zero-order valence-corrected chi connectivity index (χ0v) is 14.4. The third kappa shape index (κ3) is 3.20. The number of aromatic nitrogens is 1. The lowest BCUT2D eigenvalue weighted by Gasteiger charge is -2.37. The number of nitrogens with zero attached hydrogens (tertiary/aromatic N) is 3. The second-order valence-electron chi connectivity index (χ2n) is 6.19. The van der Waals surface area contributed by atoms with Crippen LogP contribution in [0.4, 0.5) is 5.82 Å². The van der Waals surface area contributed by atoms with Crippen LogP contribution in [0.25, 0.3) is 10.9 Å². The van der Waals surface area contributed by atoms with Crippen LogP contribution in [0.15, 0.2) is 24.3 Å². The maximum Gasteiger partial charge on any atom is 0.162 e. The van der Waals surface area contributed by atoms with Crippen molar-refractivity contribution in [3.63, 3.8) is 0 Å². The molecule has 1 aromatic carbocycles. The SMILES string of the molecule is COc1cc2ccc(N3CCN(C(C)C)CC3)nc2cc1OC. The number of piperazine rings is 1. The molecule has 3 rings (SSSR count). The Bertz CT molecular complexity index is 679. The molecule has 124 valence electrons. The minimum absolute atomic E-state index is 0.610. The molecule has 1 saturated heterocycles. The van der Waals surface area contributed by atoms with Gasteiger partial charge in [0.2, 0.25) is 0 Å². The van der Waals surface area contributed by atoms with E-state index in [-0.39, 0.29) is 0 Å². The van der Waals surface area contributed by atoms with Crippen molar-refractivity contribution in [1.82, 2.24) is 9.88 Å². The van der Waals surface area contributed by atoms with Gasteiger partial charge in [-0.25, -0.2) is 4.98 Å². The number of fused-ring (bicyclic) bond motifs is 1. The van der Waals surface area contributed by atoms with Gasteiger partial charge in [0.25, 0.3) is 0 Å². The molecular weight excluding hydrogens is 290 g/mol. The summed E-state index contributed by atoms with van der Waals surface area (Å²) in [6, 6.07) is 8.73. The molecule has 2 aromatic rings. The molecule has 0 saturated carbocycles. The summed E-state index contributed by atoms with van der Waals surface area (Å²) in [4.78, 5) is 9.69. The van der Waals surface area contributed by atoms with Crippen molar-refractivity contribution >= 4 is 16.7 Å². The number of ether oxygens (including phenoxy) is 2. The van der Waals surface area contributed by atoms with Crippen LogP contribution in [-0.2, 0) is 0 Å². The molecule has 0 amide bonds. The van der Waals surface area contributed by atoms with E-state index in [0.29, 0.717) is 11.8 Å². The summed E-state index contributed by atoms with van der Waals surface area (Å²) in [7, 11) is 3.30. The van der Waals surface area contributed by atoms with Crippen LogP contribution in [-0.4, -0.2) is 56.3 Å². The van der Waals surface area contributed by atoms with Crippen LogP contribution in [0.1, 0.15) is 13.8 Å². The molecule has 1 aromatic heterocycles. The van der Waals surface area contributed by atoms with Crippen LogP contribution in [0.5, 0.6) is 11.5 Å². The summed E-state index contributed by atoms with van der Waals surface area (Å²) in [5.41, 5.74) is 0.937. The van der Waals surface area contributed by atoms with E-state index in [4.69, 9.17) is 14.5 Å². The molecule has 23 heavy (non-hydrogen) atoms. The maximum absolute atomic E-state index is 5.38. The fraction of sp³-hybridized carbons (Fsp3) is 0.500. The Morgan fingerprint density at radius 2 is 1.61 bits per heavy atom. The highest BCUT2D eigenvalue weighted by Gasteiger charge is 2.20. The van der Waals surface area contributed by atoms with Gasteiger partial charge in [-0.1, -0.05) is 0 Å². The highest BCUT2D eigenvalue weighted by Crippen LogP contribution is 2.32. The molecule has 1 aliphatic rings. The van der Waals surface area contributed by atoms with Crippen molar-refractivity contribution in [2.75, 3.05) is 45.3 Å². The van der Waals surface area contributed by atoms with Crippen LogP contribution in [0.2, 0.25) is 0 Å². The van der Waals surface area contributed by atoms with Gasteiger partial charge in [0, 0.05) is 43.7 Å². The van der Waals surface area contributed by atoms with Gasteiger partial charge in [0.1, 0.15) is 5.82 Å². The van der Waals surface area contributed by atoms with E-state index in [9.17, 15) is 0 Å². The fourth-order valence-corrected chi connectivity index (χ4v) is 3.08. The Morgan fingerprint density at radius 1 is 0.957 bits per heavy atom. The number of rotatable bonds is 4. The van der Waals surface area contributed by atoms with Gasteiger partial charge >= 0.3 is 0 Å². The summed E-state index contributed by atoms with van der Waals surface area (Å²) in [5, 5.41) is 1.06. The van der Waals surface area contributed by atoms with Crippen molar-refractivity contribution in [2.45, 2.75) is 19.9 Å². The van der Waals surface area contributed by atoms with Gasteiger partial charge in [-0.15, -0.1) is 0 Å². The Kier molecular flexibility index (Phi) is 4.57. The lowest BCUT2D eigenvalue weighted by molar-refractivity contribution is 0.209. The van der Waals surface area contributed by atoms with Gasteiger partial charge < -0.3 is 14.4 Å². The third-order valence-electron chi connectivity index (χ3n) is 4.55. The number of anilines is 1. The number of pyridine rings is 1. The Labute approximate surface area is 137 Å². The largest absolute Gasteiger partial charge is 0.493 e. The van der Waals surface area contributed by atoms with Crippen molar-refractivity contribution in [3.05, 3.63) is 24.3 Å². The quantitative estimate of drug-likeness (QED) is 0.867. The normalized spacial score (nSPS) is 16.1. The number of hydrogen-bond donors (Lipinski definition) is 0. The zero-order chi connectivity index (χ0) is 16.4. The van der Waals surface area contributed by atoms with E-state index >= 15 is 0 Å². The van der Waals surface area contributed by atoms with E-state index in [1.54, 1.807) is 14.2 Å². The third-order valence-corrected chi connectivity index (χ3v) is 4.55. The molecule has 0 atom stereocenters. The van der Waals surface area contributed by atoms with Gasteiger partial charge in [-0.05, 0) is 32.0 Å². The van der Waals surface area contributed by atoms with Crippen molar-refractivity contribution in [2.24, 2.45) is 0 Å². The van der Waals surface area contributed by atoms with E-state index in [1.807, 2.05) is 12.1 Å². The summed E-state index contributed by atoms with van der Waals surface area (Å²) < 4.78 is 10.7. The van der Waals surface area contributed by atoms with Crippen LogP contribution >= 0.6 is 0 Å². The lowest BCUT2D eigenvalue weighted by atomic mass is 10.2. The van der Waals surface area contributed by atoms with Crippen molar-refractivity contribution in [3.8, 4) is 11.5 Å². The minimum Gasteiger partial charge on any atom is -0.493 e.